The van der Waals surface area contributed by atoms with Crippen molar-refractivity contribution in [2.75, 3.05) is 6.54 Å². The number of nitrogens with zero attached hydrogens (tertiary/aromatic N) is 3. The largest absolute Gasteiger partial charge is 0.356 e. The minimum Gasteiger partial charge on any atom is -0.356 e. The summed E-state index contributed by atoms with van der Waals surface area (Å²) in [4.78, 5) is 8.81. The molecule has 0 saturated heterocycles. The number of unbranched alkanes of at least 4 members (excludes halogenated alkanes) is 1. The van der Waals surface area contributed by atoms with Crippen LogP contribution in [0.15, 0.2) is 33.8 Å². The molecule has 124 valence electrons. The van der Waals surface area contributed by atoms with Crippen molar-refractivity contribution < 1.29 is 4.52 Å². The zero-order valence-electron chi connectivity index (χ0n) is 14.1. The average Bonchev–Trinajstić information content (AvgIpc) is 2.96. The number of guanidine groups is 1. The van der Waals surface area contributed by atoms with Crippen LogP contribution in [-0.4, -0.2) is 22.6 Å². The minimum atomic E-state index is 0.489. The molecular formula is C17H25N5O. The Hall–Kier alpha value is -2.37. The lowest BCUT2D eigenvalue weighted by atomic mass is 10.1. The van der Waals surface area contributed by atoms with Gasteiger partial charge >= 0.3 is 0 Å². The summed E-state index contributed by atoms with van der Waals surface area (Å²) in [5.74, 6) is 1.96. The van der Waals surface area contributed by atoms with Crippen LogP contribution in [-0.2, 0) is 13.1 Å². The van der Waals surface area contributed by atoms with Crippen LogP contribution < -0.4 is 10.6 Å². The SMILES string of the molecule is CCCCNC(=NCc1ccc(C)cc1)NCc1noc(C)n1. The van der Waals surface area contributed by atoms with Gasteiger partial charge < -0.3 is 15.2 Å². The van der Waals surface area contributed by atoms with E-state index in [1.54, 1.807) is 6.92 Å². The van der Waals surface area contributed by atoms with Crippen LogP contribution in [0.25, 0.3) is 0 Å². The summed E-state index contributed by atoms with van der Waals surface area (Å²) in [6.45, 7) is 8.04. The van der Waals surface area contributed by atoms with Gasteiger partial charge in [0.1, 0.15) is 0 Å². The van der Waals surface area contributed by atoms with Crippen molar-refractivity contribution in [1.29, 1.82) is 0 Å². The smallest absolute Gasteiger partial charge is 0.223 e. The summed E-state index contributed by atoms with van der Waals surface area (Å²) >= 11 is 0. The molecule has 1 aromatic carbocycles. The molecule has 1 aromatic heterocycles. The third kappa shape index (κ3) is 6.10. The Morgan fingerprint density at radius 1 is 1.17 bits per heavy atom. The summed E-state index contributed by atoms with van der Waals surface area (Å²) in [5, 5.41) is 10.5. The summed E-state index contributed by atoms with van der Waals surface area (Å²) in [5.41, 5.74) is 2.44. The Balaban J connectivity index is 1.94. The van der Waals surface area contributed by atoms with E-state index < -0.39 is 0 Å². The zero-order valence-corrected chi connectivity index (χ0v) is 14.1. The fraction of sp³-hybridized carbons (Fsp3) is 0.471. The van der Waals surface area contributed by atoms with Gasteiger partial charge in [-0.1, -0.05) is 48.3 Å². The molecule has 0 aliphatic carbocycles. The van der Waals surface area contributed by atoms with Crippen LogP contribution >= 0.6 is 0 Å². The van der Waals surface area contributed by atoms with Crippen molar-refractivity contribution in [3.05, 3.63) is 47.1 Å². The molecular weight excluding hydrogens is 290 g/mol. The Bertz CT molecular complexity index is 618. The standard InChI is InChI=1S/C17H25N5O/c1-4-5-10-18-17(20-12-16-21-14(3)23-22-16)19-11-15-8-6-13(2)7-9-15/h6-9H,4-5,10-12H2,1-3H3,(H2,18,19,20). The third-order valence-electron chi connectivity index (χ3n) is 3.35. The number of aliphatic imine (C=N–C) groups is 1. The number of nitrogens with one attached hydrogen (secondary N) is 2. The van der Waals surface area contributed by atoms with Crippen molar-refractivity contribution in [3.63, 3.8) is 0 Å². The number of hydrogen-bond acceptors (Lipinski definition) is 4. The molecule has 23 heavy (non-hydrogen) atoms. The molecule has 2 rings (SSSR count). The molecule has 0 aliphatic rings. The highest BCUT2D eigenvalue weighted by molar-refractivity contribution is 5.79. The van der Waals surface area contributed by atoms with Gasteiger partial charge in [-0.25, -0.2) is 4.99 Å². The van der Waals surface area contributed by atoms with E-state index in [4.69, 9.17) is 4.52 Å². The molecule has 0 amide bonds. The lowest BCUT2D eigenvalue weighted by molar-refractivity contribution is 0.386. The van der Waals surface area contributed by atoms with Gasteiger partial charge in [0.15, 0.2) is 11.8 Å². The Kier molecular flexibility index (Phi) is 6.59. The molecule has 6 nitrogen and oxygen atoms in total. The second-order valence-corrected chi connectivity index (χ2v) is 5.51. The van der Waals surface area contributed by atoms with Crippen LogP contribution in [0.4, 0.5) is 0 Å². The van der Waals surface area contributed by atoms with E-state index in [1.807, 2.05) is 0 Å². The number of aromatic nitrogens is 2. The van der Waals surface area contributed by atoms with E-state index in [2.05, 4.69) is 63.9 Å². The molecule has 2 N–H and O–H groups in total. The summed E-state index contributed by atoms with van der Waals surface area (Å²) < 4.78 is 4.97. The quantitative estimate of drug-likeness (QED) is 0.467. The van der Waals surface area contributed by atoms with E-state index in [1.165, 1.54) is 11.1 Å². The van der Waals surface area contributed by atoms with Crippen LogP contribution in [0.1, 0.15) is 42.6 Å². The van der Waals surface area contributed by atoms with Gasteiger partial charge in [0.2, 0.25) is 5.89 Å². The highest BCUT2D eigenvalue weighted by atomic mass is 16.5. The number of rotatable bonds is 7. The van der Waals surface area contributed by atoms with Crippen LogP contribution in [0, 0.1) is 13.8 Å². The molecule has 2 aromatic rings. The fourth-order valence-electron chi connectivity index (χ4n) is 2.00. The van der Waals surface area contributed by atoms with E-state index in [-0.39, 0.29) is 0 Å². The average molecular weight is 315 g/mol. The Morgan fingerprint density at radius 3 is 2.61 bits per heavy atom. The molecule has 6 heteroatoms. The molecule has 0 unspecified atom stereocenters. The maximum atomic E-state index is 4.97. The summed E-state index contributed by atoms with van der Waals surface area (Å²) in [7, 11) is 0. The maximum absolute atomic E-state index is 4.97. The lowest BCUT2D eigenvalue weighted by Gasteiger charge is -2.11. The van der Waals surface area contributed by atoms with Gasteiger partial charge in [-0.2, -0.15) is 4.98 Å². The molecule has 0 atom stereocenters. The van der Waals surface area contributed by atoms with Gasteiger partial charge in [0.05, 0.1) is 13.1 Å². The van der Waals surface area contributed by atoms with E-state index in [0.717, 1.165) is 25.3 Å². The first-order chi connectivity index (χ1) is 11.2. The number of benzene rings is 1. The predicted octanol–water partition coefficient (Wildman–Crippen LogP) is 2.72. The highest BCUT2D eigenvalue weighted by Crippen LogP contribution is 2.04. The highest BCUT2D eigenvalue weighted by Gasteiger charge is 2.04. The third-order valence-corrected chi connectivity index (χ3v) is 3.35. The van der Waals surface area contributed by atoms with E-state index >= 15 is 0 Å². The second kappa shape index (κ2) is 8.92. The van der Waals surface area contributed by atoms with Crippen molar-refractivity contribution in [1.82, 2.24) is 20.8 Å². The van der Waals surface area contributed by atoms with Crippen molar-refractivity contribution in [3.8, 4) is 0 Å². The predicted molar refractivity (Wildman–Crippen MR) is 91.1 cm³/mol. The first-order valence-electron chi connectivity index (χ1n) is 8.04. The molecule has 0 bridgehead atoms. The molecule has 0 radical (unpaired) electrons. The van der Waals surface area contributed by atoms with Gasteiger partial charge in [-0.15, -0.1) is 0 Å². The zero-order chi connectivity index (χ0) is 16.5. The molecule has 0 fully saturated rings. The molecule has 1 heterocycles. The Labute approximate surface area is 137 Å². The fourth-order valence-corrected chi connectivity index (χ4v) is 2.00. The summed E-state index contributed by atoms with van der Waals surface area (Å²) in [6.07, 6.45) is 2.24. The first-order valence-corrected chi connectivity index (χ1v) is 8.04. The summed E-state index contributed by atoms with van der Waals surface area (Å²) in [6, 6.07) is 8.41. The van der Waals surface area contributed by atoms with Crippen molar-refractivity contribution >= 4 is 5.96 Å². The first kappa shape index (κ1) is 17.0. The van der Waals surface area contributed by atoms with E-state index in [0.29, 0.717) is 24.8 Å². The van der Waals surface area contributed by atoms with Crippen LogP contribution in [0.5, 0.6) is 0 Å². The van der Waals surface area contributed by atoms with Crippen LogP contribution in [0.2, 0.25) is 0 Å². The topological polar surface area (TPSA) is 75.3 Å². The normalized spacial score (nSPS) is 11.5. The van der Waals surface area contributed by atoms with Crippen LogP contribution in [0.3, 0.4) is 0 Å². The lowest BCUT2D eigenvalue weighted by Crippen LogP contribution is -2.37. The van der Waals surface area contributed by atoms with Crippen molar-refractivity contribution in [2.24, 2.45) is 4.99 Å². The molecule has 0 spiro atoms. The number of hydrogen-bond donors (Lipinski definition) is 2. The second-order valence-electron chi connectivity index (χ2n) is 5.51. The Morgan fingerprint density at radius 2 is 1.96 bits per heavy atom. The van der Waals surface area contributed by atoms with E-state index in [9.17, 15) is 0 Å². The monoisotopic (exact) mass is 315 g/mol. The van der Waals surface area contributed by atoms with Gasteiger partial charge in [0.25, 0.3) is 0 Å². The molecule has 0 aliphatic heterocycles. The van der Waals surface area contributed by atoms with Gasteiger partial charge in [0, 0.05) is 13.5 Å². The maximum Gasteiger partial charge on any atom is 0.223 e. The van der Waals surface area contributed by atoms with Crippen molar-refractivity contribution in [2.45, 2.75) is 46.7 Å². The minimum absolute atomic E-state index is 0.489. The van der Waals surface area contributed by atoms with Gasteiger partial charge in [-0.05, 0) is 18.9 Å². The molecule has 0 saturated carbocycles. The number of aryl methyl sites for hydroxylation is 2. The van der Waals surface area contributed by atoms with Gasteiger partial charge in [-0.3, -0.25) is 0 Å².